The Morgan fingerprint density at radius 2 is 1.90 bits per heavy atom. The number of benzene rings is 1. The fourth-order valence-electron chi connectivity index (χ4n) is 0.645. The van der Waals surface area contributed by atoms with Gasteiger partial charge in [-0.1, -0.05) is 35.5 Å². The van der Waals surface area contributed by atoms with Crippen LogP contribution >= 0.6 is 0 Å². The number of hydrogen-bond acceptors (Lipinski definition) is 1. The van der Waals surface area contributed by atoms with Gasteiger partial charge in [0.05, 0.1) is 0 Å². The van der Waals surface area contributed by atoms with Crippen LogP contribution in [0.4, 0.5) is 4.79 Å². The number of hydrogen-bond donors (Lipinski definition) is 1. The molecule has 0 saturated heterocycles. The van der Waals surface area contributed by atoms with Crippen molar-refractivity contribution in [1.29, 1.82) is 0 Å². The van der Waals surface area contributed by atoms with Gasteiger partial charge in [0.1, 0.15) is 0 Å². The summed E-state index contributed by atoms with van der Waals surface area (Å²) < 4.78 is 0. The van der Waals surface area contributed by atoms with Gasteiger partial charge in [0.25, 0.3) is 5.59 Å². The first-order chi connectivity index (χ1) is 4.79. The molecule has 1 N–H and O–H groups in total. The molecular formula is C7H6O2Si. The van der Waals surface area contributed by atoms with Crippen LogP contribution in [-0.2, 0) is 0 Å². The second kappa shape index (κ2) is 3.17. The second-order valence-corrected chi connectivity index (χ2v) is 3.05. The zero-order valence-electron chi connectivity index (χ0n) is 5.24. The van der Waals surface area contributed by atoms with Gasteiger partial charge < -0.3 is 5.11 Å². The average Bonchev–Trinajstić information content (AvgIpc) is 1.88. The van der Waals surface area contributed by atoms with Gasteiger partial charge in [-0.05, 0) is 0 Å². The molecule has 0 spiro atoms. The molecule has 2 radical (unpaired) electrons. The van der Waals surface area contributed by atoms with Crippen LogP contribution in [0.15, 0.2) is 30.3 Å². The Labute approximate surface area is 61.3 Å². The molecule has 1 rings (SSSR count). The van der Waals surface area contributed by atoms with Gasteiger partial charge in [-0.15, -0.1) is 0 Å². The van der Waals surface area contributed by atoms with Crippen molar-refractivity contribution in [2.45, 2.75) is 0 Å². The third-order valence-corrected chi connectivity index (χ3v) is 1.86. The summed E-state index contributed by atoms with van der Waals surface area (Å²) in [5.74, 6) is 0. The third kappa shape index (κ3) is 2.03. The van der Waals surface area contributed by atoms with Crippen molar-refractivity contribution in [3.63, 3.8) is 0 Å². The van der Waals surface area contributed by atoms with E-state index in [2.05, 4.69) is 0 Å². The number of rotatable bonds is 2. The first-order valence-electron chi connectivity index (χ1n) is 2.84. The summed E-state index contributed by atoms with van der Waals surface area (Å²) in [6.45, 7) is 0. The van der Waals surface area contributed by atoms with Crippen molar-refractivity contribution >= 4 is 20.3 Å². The predicted molar refractivity (Wildman–Crippen MR) is 39.9 cm³/mol. The first kappa shape index (κ1) is 7.02. The predicted octanol–water partition coefficient (Wildman–Crippen LogP) is 0.694. The van der Waals surface area contributed by atoms with Gasteiger partial charge in [-0.3, -0.25) is 4.79 Å². The normalized spacial score (nSPS) is 9.20. The standard InChI is InChI=1S/C7H6O2Si/c8-7(9)10-6-4-2-1-3-5-6/h1-5H,(H,8,9). The lowest BCUT2D eigenvalue weighted by Crippen LogP contribution is -2.21. The number of carboxylic acid groups (broad SMARTS) is 1. The maximum Gasteiger partial charge on any atom is 0.271 e. The Bertz CT molecular complexity index is 220. The van der Waals surface area contributed by atoms with Crippen molar-refractivity contribution in [2.75, 3.05) is 0 Å². The van der Waals surface area contributed by atoms with Gasteiger partial charge in [0.15, 0.2) is 0 Å². The zero-order valence-corrected chi connectivity index (χ0v) is 6.24. The lowest BCUT2D eigenvalue weighted by atomic mass is 10.4. The summed E-state index contributed by atoms with van der Waals surface area (Å²) in [7, 11) is -0.122. The highest BCUT2D eigenvalue weighted by atomic mass is 28.2. The third-order valence-electron chi connectivity index (χ3n) is 1.03. The van der Waals surface area contributed by atoms with Crippen molar-refractivity contribution in [2.24, 2.45) is 0 Å². The van der Waals surface area contributed by atoms with Crippen LogP contribution in [0.5, 0.6) is 0 Å². The Morgan fingerprint density at radius 1 is 1.30 bits per heavy atom. The maximum atomic E-state index is 10.2. The van der Waals surface area contributed by atoms with Crippen molar-refractivity contribution < 1.29 is 9.90 Å². The van der Waals surface area contributed by atoms with Crippen LogP contribution in [0.1, 0.15) is 0 Å². The molecule has 1 aromatic carbocycles. The monoisotopic (exact) mass is 150 g/mol. The molecule has 0 heterocycles. The van der Waals surface area contributed by atoms with E-state index in [0.717, 1.165) is 5.19 Å². The largest absolute Gasteiger partial charge is 0.486 e. The number of carbonyl (C=O) groups is 1. The Balaban J connectivity index is 2.67. The zero-order chi connectivity index (χ0) is 7.40. The van der Waals surface area contributed by atoms with Crippen LogP contribution in [0.2, 0.25) is 0 Å². The van der Waals surface area contributed by atoms with E-state index < -0.39 is 5.59 Å². The van der Waals surface area contributed by atoms with Crippen LogP contribution in [0, 0.1) is 0 Å². The lowest BCUT2D eigenvalue weighted by Gasteiger charge is -1.90. The summed E-state index contributed by atoms with van der Waals surface area (Å²) in [5, 5.41) is 9.25. The fraction of sp³-hybridized carbons (Fsp3) is 0. The second-order valence-electron chi connectivity index (χ2n) is 1.80. The van der Waals surface area contributed by atoms with E-state index in [1.807, 2.05) is 30.3 Å². The van der Waals surface area contributed by atoms with Crippen molar-refractivity contribution in [3.05, 3.63) is 30.3 Å². The molecule has 0 saturated carbocycles. The van der Waals surface area contributed by atoms with E-state index >= 15 is 0 Å². The highest BCUT2D eigenvalue weighted by Crippen LogP contribution is 1.80. The first-order valence-corrected chi connectivity index (χ1v) is 3.84. The Morgan fingerprint density at radius 3 is 2.40 bits per heavy atom. The molecule has 0 amide bonds. The van der Waals surface area contributed by atoms with E-state index in [9.17, 15) is 4.79 Å². The molecular weight excluding hydrogens is 144 g/mol. The highest BCUT2D eigenvalue weighted by molar-refractivity contribution is 6.82. The molecule has 0 aliphatic heterocycles. The summed E-state index contributed by atoms with van der Waals surface area (Å²) in [6.07, 6.45) is 0. The summed E-state index contributed by atoms with van der Waals surface area (Å²) in [6, 6.07) is 9.17. The topological polar surface area (TPSA) is 37.3 Å². The Kier molecular flexibility index (Phi) is 2.23. The van der Waals surface area contributed by atoms with E-state index in [1.54, 1.807) is 0 Å². The van der Waals surface area contributed by atoms with Crippen LogP contribution in [0.25, 0.3) is 0 Å². The molecule has 0 fully saturated rings. The van der Waals surface area contributed by atoms with Gasteiger partial charge in [0, 0.05) is 0 Å². The SMILES string of the molecule is O=C(O)[Si]c1ccccc1. The van der Waals surface area contributed by atoms with E-state index in [-0.39, 0.29) is 9.52 Å². The van der Waals surface area contributed by atoms with Crippen LogP contribution in [-0.4, -0.2) is 20.2 Å². The molecule has 50 valence electrons. The fourth-order valence-corrected chi connectivity index (χ4v) is 1.25. The molecule has 10 heavy (non-hydrogen) atoms. The van der Waals surface area contributed by atoms with Gasteiger partial charge in [0.2, 0.25) is 9.52 Å². The minimum Gasteiger partial charge on any atom is -0.486 e. The average molecular weight is 150 g/mol. The van der Waals surface area contributed by atoms with E-state index in [0.29, 0.717) is 0 Å². The van der Waals surface area contributed by atoms with Gasteiger partial charge in [-0.2, -0.15) is 0 Å². The van der Waals surface area contributed by atoms with Crippen molar-refractivity contribution in [3.8, 4) is 0 Å². The maximum absolute atomic E-state index is 10.2. The Hall–Kier alpha value is -1.09. The smallest absolute Gasteiger partial charge is 0.271 e. The van der Waals surface area contributed by atoms with Gasteiger partial charge in [-0.25, -0.2) is 0 Å². The molecule has 3 heteroatoms. The molecule has 2 nitrogen and oxygen atoms in total. The molecule has 0 atom stereocenters. The van der Waals surface area contributed by atoms with E-state index in [4.69, 9.17) is 5.11 Å². The summed E-state index contributed by atoms with van der Waals surface area (Å²) in [4.78, 5) is 10.2. The summed E-state index contributed by atoms with van der Waals surface area (Å²) in [5.41, 5.74) is -0.758. The van der Waals surface area contributed by atoms with Gasteiger partial charge >= 0.3 is 0 Å². The highest BCUT2D eigenvalue weighted by Gasteiger charge is 1.99. The molecule has 0 aliphatic rings. The summed E-state index contributed by atoms with van der Waals surface area (Å²) >= 11 is 0. The van der Waals surface area contributed by atoms with Crippen LogP contribution in [0.3, 0.4) is 0 Å². The minimum absolute atomic E-state index is 0.122. The minimum atomic E-state index is -0.758. The van der Waals surface area contributed by atoms with E-state index in [1.165, 1.54) is 0 Å². The molecule has 0 aromatic heterocycles. The van der Waals surface area contributed by atoms with Crippen molar-refractivity contribution in [1.82, 2.24) is 0 Å². The van der Waals surface area contributed by atoms with Crippen LogP contribution < -0.4 is 5.19 Å². The molecule has 1 aromatic rings. The lowest BCUT2D eigenvalue weighted by molar-refractivity contribution is 0.220. The molecule has 0 aliphatic carbocycles. The molecule has 0 bridgehead atoms. The molecule has 0 unspecified atom stereocenters. The quantitative estimate of drug-likeness (QED) is 0.630.